The van der Waals surface area contributed by atoms with E-state index in [0.29, 0.717) is 12.1 Å². The van der Waals surface area contributed by atoms with E-state index in [0.717, 1.165) is 49.9 Å². The fraction of sp³-hybridized carbons (Fsp3) is 0.684. The van der Waals surface area contributed by atoms with Gasteiger partial charge >= 0.3 is 0 Å². The zero-order chi connectivity index (χ0) is 16.5. The van der Waals surface area contributed by atoms with Crippen molar-refractivity contribution < 1.29 is 4.79 Å². The molecule has 1 aromatic heterocycles. The molecule has 0 radical (unpaired) electrons. The molecule has 1 saturated heterocycles. The van der Waals surface area contributed by atoms with E-state index in [1.54, 1.807) is 6.20 Å². The standard InChI is InChI=1S/C19H28N4O/c1-2-20-19(24)16-5-6-18(21-13-16)23-9-7-22(8-10-23)17-12-14-3-4-15(17)11-14/h5-6,13-15,17H,2-4,7-12H2,1H3,(H,20,24). The third-order valence-corrected chi connectivity index (χ3v) is 6.16. The van der Waals surface area contributed by atoms with Crippen molar-refractivity contribution in [3.05, 3.63) is 23.9 Å². The van der Waals surface area contributed by atoms with Crippen molar-refractivity contribution >= 4 is 11.7 Å². The van der Waals surface area contributed by atoms with Crippen LogP contribution in [-0.4, -0.2) is 54.6 Å². The van der Waals surface area contributed by atoms with Crippen molar-refractivity contribution in [2.24, 2.45) is 11.8 Å². The first kappa shape index (κ1) is 15.9. The molecule has 5 nitrogen and oxygen atoms in total. The lowest BCUT2D eigenvalue weighted by molar-refractivity contribution is 0.0955. The summed E-state index contributed by atoms with van der Waals surface area (Å²) in [5, 5.41) is 2.81. The van der Waals surface area contributed by atoms with Crippen LogP contribution in [0, 0.1) is 11.8 Å². The molecular weight excluding hydrogens is 300 g/mol. The number of fused-ring (bicyclic) bond motifs is 2. The summed E-state index contributed by atoms with van der Waals surface area (Å²) in [5.74, 6) is 2.94. The van der Waals surface area contributed by atoms with Gasteiger partial charge in [-0.1, -0.05) is 6.42 Å². The molecule has 2 bridgehead atoms. The summed E-state index contributed by atoms with van der Waals surface area (Å²) in [7, 11) is 0. The molecule has 3 fully saturated rings. The molecule has 0 spiro atoms. The molecule has 1 amide bonds. The highest BCUT2D eigenvalue weighted by Gasteiger charge is 2.42. The van der Waals surface area contributed by atoms with Crippen molar-refractivity contribution in [3.63, 3.8) is 0 Å². The van der Waals surface area contributed by atoms with Gasteiger partial charge in [0.2, 0.25) is 0 Å². The summed E-state index contributed by atoms with van der Waals surface area (Å²) in [4.78, 5) is 21.4. The average Bonchev–Trinajstić information content (AvgIpc) is 3.26. The van der Waals surface area contributed by atoms with Crippen molar-refractivity contribution in [2.45, 2.75) is 38.6 Å². The van der Waals surface area contributed by atoms with Crippen LogP contribution in [0.2, 0.25) is 0 Å². The molecule has 1 aromatic rings. The molecule has 4 rings (SSSR count). The largest absolute Gasteiger partial charge is 0.354 e. The van der Waals surface area contributed by atoms with Crippen LogP contribution in [-0.2, 0) is 0 Å². The lowest BCUT2D eigenvalue weighted by atomic mass is 9.93. The summed E-state index contributed by atoms with van der Waals surface area (Å²) < 4.78 is 0. The number of piperazine rings is 1. The predicted octanol–water partition coefficient (Wildman–Crippen LogP) is 2.14. The van der Waals surface area contributed by atoms with Gasteiger partial charge in [0.15, 0.2) is 0 Å². The first-order valence-corrected chi connectivity index (χ1v) is 9.48. The Hall–Kier alpha value is -1.62. The minimum Gasteiger partial charge on any atom is -0.354 e. The summed E-state index contributed by atoms with van der Waals surface area (Å²) >= 11 is 0. The number of aromatic nitrogens is 1. The number of rotatable bonds is 4. The SMILES string of the molecule is CCNC(=O)c1ccc(N2CCN(C3CC4CCC3C4)CC2)nc1. The minimum atomic E-state index is -0.0438. The maximum atomic E-state index is 11.8. The second-order valence-corrected chi connectivity index (χ2v) is 7.53. The fourth-order valence-corrected chi connectivity index (χ4v) is 4.91. The van der Waals surface area contributed by atoms with E-state index in [9.17, 15) is 4.79 Å². The van der Waals surface area contributed by atoms with E-state index >= 15 is 0 Å². The highest BCUT2D eigenvalue weighted by molar-refractivity contribution is 5.93. The summed E-state index contributed by atoms with van der Waals surface area (Å²) in [6.07, 6.45) is 7.54. The van der Waals surface area contributed by atoms with Crippen LogP contribution in [0.25, 0.3) is 0 Å². The molecule has 3 aliphatic rings. The Labute approximate surface area is 144 Å². The fourth-order valence-electron chi connectivity index (χ4n) is 4.91. The topological polar surface area (TPSA) is 48.5 Å². The Kier molecular flexibility index (Phi) is 4.44. The Morgan fingerprint density at radius 3 is 2.62 bits per heavy atom. The quantitative estimate of drug-likeness (QED) is 0.920. The Balaban J connectivity index is 1.33. The molecular formula is C19H28N4O. The van der Waals surface area contributed by atoms with Gasteiger partial charge in [0.1, 0.15) is 5.82 Å². The first-order valence-electron chi connectivity index (χ1n) is 9.48. The number of nitrogens with zero attached hydrogens (tertiary/aromatic N) is 3. The van der Waals surface area contributed by atoms with E-state index in [1.165, 1.54) is 25.7 Å². The second-order valence-electron chi connectivity index (χ2n) is 7.53. The van der Waals surface area contributed by atoms with Crippen LogP contribution in [0.3, 0.4) is 0 Å². The van der Waals surface area contributed by atoms with Gasteiger partial charge in [-0.2, -0.15) is 0 Å². The molecule has 3 unspecified atom stereocenters. The maximum absolute atomic E-state index is 11.8. The van der Waals surface area contributed by atoms with Gasteiger partial charge in [-0.3, -0.25) is 9.69 Å². The minimum absolute atomic E-state index is 0.0438. The Bertz CT molecular complexity index is 580. The third kappa shape index (κ3) is 3.02. The summed E-state index contributed by atoms with van der Waals surface area (Å²) in [6, 6.07) is 4.71. The number of anilines is 1. The van der Waals surface area contributed by atoms with Gasteiger partial charge in [0.05, 0.1) is 5.56 Å². The normalized spacial score (nSPS) is 29.9. The van der Waals surface area contributed by atoms with Gasteiger partial charge < -0.3 is 10.2 Å². The zero-order valence-corrected chi connectivity index (χ0v) is 14.6. The molecule has 3 atom stereocenters. The van der Waals surface area contributed by atoms with E-state index < -0.39 is 0 Å². The van der Waals surface area contributed by atoms with Gasteiger partial charge in [-0.25, -0.2) is 4.98 Å². The molecule has 5 heteroatoms. The van der Waals surface area contributed by atoms with E-state index in [1.807, 2.05) is 19.1 Å². The first-order chi connectivity index (χ1) is 11.7. The van der Waals surface area contributed by atoms with Crippen LogP contribution in [0.5, 0.6) is 0 Å². The van der Waals surface area contributed by atoms with Gasteiger partial charge in [0, 0.05) is 45.0 Å². The van der Waals surface area contributed by atoms with Gasteiger partial charge in [0.25, 0.3) is 5.91 Å². The molecule has 0 aromatic carbocycles. The summed E-state index contributed by atoms with van der Waals surface area (Å²) in [5.41, 5.74) is 0.640. The lowest BCUT2D eigenvalue weighted by Gasteiger charge is -2.41. The van der Waals surface area contributed by atoms with Crippen molar-refractivity contribution in [2.75, 3.05) is 37.6 Å². The molecule has 1 aliphatic heterocycles. The molecule has 2 heterocycles. The monoisotopic (exact) mass is 328 g/mol. The molecule has 1 N–H and O–H groups in total. The highest BCUT2D eigenvalue weighted by atomic mass is 16.1. The van der Waals surface area contributed by atoms with E-state index in [-0.39, 0.29) is 5.91 Å². The number of hydrogen-bond donors (Lipinski definition) is 1. The number of carbonyl (C=O) groups excluding carboxylic acids is 1. The number of hydrogen-bond acceptors (Lipinski definition) is 4. The molecule has 130 valence electrons. The highest BCUT2D eigenvalue weighted by Crippen LogP contribution is 2.46. The molecule has 24 heavy (non-hydrogen) atoms. The predicted molar refractivity (Wildman–Crippen MR) is 95.3 cm³/mol. The Morgan fingerprint density at radius 1 is 1.21 bits per heavy atom. The Morgan fingerprint density at radius 2 is 2.04 bits per heavy atom. The smallest absolute Gasteiger partial charge is 0.252 e. The van der Waals surface area contributed by atoms with Crippen LogP contribution in [0.1, 0.15) is 43.0 Å². The van der Waals surface area contributed by atoms with Gasteiger partial charge in [-0.05, 0) is 50.2 Å². The van der Waals surface area contributed by atoms with Crippen LogP contribution in [0.15, 0.2) is 18.3 Å². The third-order valence-electron chi connectivity index (χ3n) is 6.16. The van der Waals surface area contributed by atoms with Crippen molar-refractivity contribution in [1.29, 1.82) is 0 Å². The van der Waals surface area contributed by atoms with Gasteiger partial charge in [-0.15, -0.1) is 0 Å². The van der Waals surface area contributed by atoms with Crippen LogP contribution < -0.4 is 10.2 Å². The number of carbonyl (C=O) groups is 1. The van der Waals surface area contributed by atoms with Crippen molar-refractivity contribution in [1.82, 2.24) is 15.2 Å². The summed E-state index contributed by atoms with van der Waals surface area (Å²) in [6.45, 7) is 6.95. The average molecular weight is 328 g/mol. The molecule has 2 saturated carbocycles. The lowest BCUT2D eigenvalue weighted by Crippen LogP contribution is -2.52. The maximum Gasteiger partial charge on any atom is 0.252 e. The van der Waals surface area contributed by atoms with Crippen molar-refractivity contribution in [3.8, 4) is 0 Å². The number of pyridine rings is 1. The second kappa shape index (κ2) is 6.71. The van der Waals surface area contributed by atoms with Crippen LogP contribution >= 0.6 is 0 Å². The van der Waals surface area contributed by atoms with Crippen LogP contribution in [0.4, 0.5) is 5.82 Å². The zero-order valence-electron chi connectivity index (χ0n) is 14.6. The van der Waals surface area contributed by atoms with E-state index in [4.69, 9.17) is 0 Å². The van der Waals surface area contributed by atoms with E-state index in [2.05, 4.69) is 20.1 Å². The molecule has 2 aliphatic carbocycles. The number of nitrogens with one attached hydrogen (secondary N) is 1. The number of amides is 1.